The summed E-state index contributed by atoms with van der Waals surface area (Å²) in [4.78, 5) is 25.0. The summed E-state index contributed by atoms with van der Waals surface area (Å²) in [5.41, 5.74) is 3.08. The first-order valence-corrected chi connectivity index (χ1v) is 10.8. The van der Waals surface area contributed by atoms with Gasteiger partial charge in [0.05, 0.1) is 17.0 Å². The summed E-state index contributed by atoms with van der Waals surface area (Å²) in [6.07, 6.45) is 2.02. The van der Waals surface area contributed by atoms with Crippen LogP contribution in [0.5, 0.6) is 0 Å². The number of para-hydroxylation sites is 1. The fourth-order valence-corrected chi connectivity index (χ4v) is 3.90. The SMILES string of the molecule is Cc1cccc(-n2c(C)nnc2SCC(=O)Nc2ccccc2C(=O)NC2CC2)c1. The minimum atomic E-state index is -0.205. The minimum absolute atomic E-state index is 0.155. The van der Waals surface area contributed by atoms with Crippen molar-refractivity contribution in [2.24, 2.45) is 0 Å². The van der Waals surface area contributed by atoms with Crippen molar-refractivity contribution in [3.63, 3.8) is 0 Å². The molecule has 7 nitrogen and oxygen atoms in total. The summed E-state index contributed by atoms with van der Waals surface area (Å²) in [7, 11) is 0. The number of carbonyl (C=O) groups is 2. The van der Waals surface area contributed by atoms with Crippen LogP contribution in [0.4, 0.5) is 5.69 Å². The van der Waals surface area contributed by atoms with Gasteiger partial charge in [-0.15, -0.1) is 10.2 Å². The van der Waals surface area contributed by atoms with Crippen molar-refractivity contribution in [3.05, 3.63) is 65.5 Å². The minimum Gasteiger partial charge on any atom is -0.349 e. The predicted molar refractivity (Wildman–Crippen MR) is 117 cm³/mol. The van der Waals surface area contributed by atoms with Crippen LogP contribution in [0.1, 0.15) is 34.6 Å². The molecule has 1 heterocycles. The molecule has 154 valence electrons. The second kappa shape index (κ2) is 8.71. The fourth-order valence-electron chi connectivity index (χ4n) is 3.10. The van der Waals surface area contributed by atoms with Gasteiger partial charge in [-0.2, -0.15) is 0 Å². The molecule has 1 aliphatic rings. The highest BCUT2D eigenvalue weighted by Gasteiger charge is 2.25. The number of aryl methyl sites for hydroxylation is 2. The Morgan fingerprint density at radius 2 is 1.90 bits per heavy atom. The number of thioether (sulfide) groups is 1. The summed E-state index contributed by atoms with van der Waals surface area (Å²) in [6.45, 7) is 3.91. The van der Waals surface area contributed by atoms with E-state index >= 15 is 0 Å². The van der Waals surface area contributed by atoms with Gasteiger partial charge in [-0.05, 0) is 56.5 Å². The highest BCUT2D eigenvalue weighted by Crippen LogP contribution is 2.24. The van der Waals surface area contributed by atoms with Gasteiger partial charge in [-0.3, -0.25) is 14.2 Å². The van der Waals surface area contributed by atoms with Crippen LogP contribution >= 0.6 is 11.8 Å². The number of amides is 2. The van der Waals surface area contributed by atoms with Crippen molar-refractivity contribution in [2.45, 2.75) is 37.9 Å². The first kappa shape index (κ1) is 20.2. The number of nitrogens with one attached hydrogen (secondary N) is 2. The lowest BCUT2D eigenvalue weighted by Gasteiger charge is -2.12. The van der Waals surface area contributed by atoms with Gasteiger partial charge in [-0.1, -0.05) is 36.0 Å². The van der Waals surface area contributed by atoms with Gasteiger partial charge in [-0.25, -0.2) is 0 Å². The normalized spacial score (nSPS) is 13.1. The maximum atomic E-state index is 12.6. The molecule has 0 spiro atoms. The number of aromatic nitrogens is 3. The van der Waals surface area contributed by atoms with E-state index in [1.807, 2.05) is 36.6 Å². The zero-order valence-corrected chi connectivity index (χ0v) is 17.7. The second-order valence-electron chi connectivity index (χ2n) is 7.33. The van der Waals surface area contributed by atoms with E-state index in [1.165, 1.54) is 11.8 Å². The lowest BCUT2D eigenvalue weighted by Crippen LogP contribution is -2.27. The van der Waals surface area contributed by atoms with Gasteiger partial charge in [0.25, 0.3) is 5.91 Å². The molecular formula is C22H23N5O2S. The molecule has 4 rings (SSSR count). The molecule has 0 bridgehead atoms. The number of hydrogen-bond donors (Lipinski definition) is 2. The molecule has 1 aromatic heterocycles. The van der Waals surface area contributed by atoms with Crippen molar-refractivity contribution < 1.29 is 9.59 Å². The van der Waals surface area contributed by atoms with Gasteiger partial charge >= 0.3 is 0 Å². The van der Waals surface area contributed by atoms with Gasteiger partial charge in [0.15, 0.2) is 5.16 Å². The standard InChI is InChI=1S/C22H23N5O2S/c1-14-6-5-7-17(12-14)27-15(2)25-26-22(27)30-13-20(28)24-19-9-4-3-8-18(19)21(29)23-16-10-11-16/h3-9,12,16H,10-11,13H2,1-2H3,(H,23,29)(H,24,28). The molecule has 0 aliphatic heterocycles. The molecule has 30 heavy (non-hydrogen) atoms. The van der Waals surface area contributed by atoms with E-state index in [1.54, 1.807) is 24.3 Å². The zero-order valence-electron chi connectivity index (χ0n) is 16.9. The van der Waals surface area contributed by atoms with E-state index in [-0.39, 0.29) is 23.6 Å². The largest absolute Gasteiger partial charge is 0.349 e. The van der Waals surface area contributed by atoms with Crippen LogP contribution in [-0.2, 0) is 4.79 Å². The number of rotatable bonds is 7. The Balaban J connectivity index is 1.44. The van der Waals surface area contributed by atoms with Crippen molar-refractivity contribution in [2.75, 3.05) is 11.1 Å². The molecular weight excluding hydrogens is 398 g/mol. The molecule has 3 aromatic rings. The molecule has 1 fully saturated rings. The zero-order chi connectivity index (χ0) is 21.1. The average molecular weight is 422 g/mol. The van der Waals surface area contributed by atoms with Gasteiger partial charge in [0.2, 0.25) is 5.91 Å². The van der Waals surface area contributed by atoms with Crippen LogP contribution in [0, 0.1) is 13.8 Å². The van der Waals surface area contributed by atoms with Crippen LogP contribution < -0.4 is 10.6 Å². The third-order valence-corrected chi connectivity index (χ3v) is 5.67. The van der Waals surface area contributed by atoms with Gasteiger partial charge in [0.1, 0.15) is 5.82 Å². The van der Waals surface area contributed by atoms with E-state index in [0.717, 1.165) is 29.9 Å². The number of hydrogen-bond acceptors (Lipinski definition) is 5. The van der Waals surface area contributed by atoms with E-state index in [4.69, 9.17) is 0 Å². The second-order valence-corrected chi connectivity index (χ2v) is 8.28. The summed E-state index contributed by atoms with van der Waals surface area (Å²) >= 11 is 1.31. The quantitative estimate of drug-likeness (QED) is 0.570. The number of carbonyl (C=O) groups excluding carboxylic acids is 2. The maximum absolute atomic E-state index is 12.6. The molecule has 0 unspecified atom stereocenters. The van der Waals surface area contributed by atoms with Crippen LogP contribution in [0.2, 0.25) is 0 Å². The number of benzene rings is 2. The van der Waals surface area contributed by atoms with E-state index < -0.39 is 0 Å². The number of anilines is 1. The first-order valence-electron chi connectivity index (χ1n) is 9.83. The molecule has 0 atom stereocenters. The van der Waals surface area contributed by atoms with E-state index in [0.29, 0.717) is 16.4 Å². The third-order valence-electron chi connectivity index (χ3n) is 4.75. The summed E-state index contributed by atoms with van der Waals surface area (Å²) in [5.74, 6) is 0.548. The Bertz CT molecular complexity index is 1090. The average Bonchev–Trinajstić information content (AvgIpc) is 3.46. The van der Waals surface area contributed by atoms with Crippen molar-refractivity contribution in [1.29, 1.82) is 0 Å². The van der Waals surface area contributed by atoms with Crippen molar-refractivity contribution in [3.8, 4) is 5.69 Å². The molecule has 1 aliphatic carbocycles. The lowest BCUT2D eigenvalue weighted by molar-refractivity contribution is -0.113. The van der Waals surface area contributed by atoms with Crippen LogP contribution in [-0.4, -0.2) is 38.4 Å². The molecule has 2 aromatic carbocycles. The van der Waals surface area contributed by atoms with Gasteiger partial charge < -0.3 is 10.6 Å². The van der Waals surface area contributed by atoms with Crippen LogP contribution in [0.15, 0.2) is 53.7 Å². The number of nitrogens with zero attached hydrogens (tertiary/aromatic N) is 3. The van der Waals surface area contributed by atoms with Gasteiger partial charge in [0, 0.05) is 11.7 Å². The van der Waals surface area contributed by atoms with E-state index in [2.05, 4.69) is 26.9 Å². The molecule has 2 N–H and O–H groups in total. The highest BCUT2D eigenvalue weighted by atomic mass is 32.2. The predicted octanol–water partition coefficient (Wildman–Crippen LogP) is 3.51. The molecule has 0 radical (unpaired) electrons. The maximum Gasteiger partial charge on any atom is 0.253 e. The Morgan fingerprint density at radius 3 is 2.67 bits per heavy atom. The third kappa shape index (κ3) is 4.71. The van der Waals surface area contributed by atoms with Crippen LogP contribution in [0.3, 0.4) is 0 Å². The van der Waals surface area contributed by atoms with E-state index in [9.17, 15) is 9.59 Å². The smallest absolute Gasteiger partial charge is 0.253 e. The molecule has 2 amide bonds. The monoisotopic (exact) mass is 421 g/mol. The highest BCUT2D eigenvalue weighted by molar-refractivity contribution is 7.99. The summed E-state index contributed by atoms with van der Waals surface area (Å²) in [6, 6.07) is 15.4. The Hall–Kier alpha value is -3.13. The molecule has 0 saturated heterocycles. The van der Waals surface area contributed by atoms with Crippen LogP contribution in [0.25, 0.3) is 5.69 Å². The lowest BCUT2D eigenvalue weighted by atomic mass is 10.1. The molecule has 8 heteroatoms. The fraction of sp³-hybridized carbons (Fsp3) is 0.273. The Labute approximate surface area is 179 Å². The first-order chi connectivity index (χ1) is 14.5. The van der Waals surface area contributed by atoms with Crippen molar-refractivity contribution in [1.82, 2.24) is 20.1 Å². The molecule has 1 saturated carbocycles. The Kier molecular flexibility index (Phi) is 5.85. The summed E-state index contributed by atoms with van der Waals surface area (Å²) in [5, 5.41) is 14.8. The topological polar surface area (TPSA) is 88.9 Å². The van der Waals surface area contributed by atoms with Crippen molar-refractivity contribution >= 4 is 29.3 Å². The summed E-state index contributed by atoms with van der Waals surface area (Å²) < 4.78 is 1.93. The Morgan fingerprint density at radius 1 is 1.10 bits per heavy atom.